The molecule has 0 aliphatic heterocycles. The van der Waals surface area contributed by atoms with Crippen molar-refractivity contribution in [3.8, 4) is 5.75 Å². The SMILES string of the molecule is Cc1ccc(Cl)c(OCC(O)CO)c1. The molecular weight excluding hydrogens is 204 g/mol. The monoisotopic (exact) mass is 216 g/mol. The first-order valence-electron chi connectivity index (χ1n) is 4.31. The van der Waals surface area contributed by atoms with E-state index in [4.69, 9.17) is 26.6 Å². The number of hydrogen-bond donors (Lipinski definition) is 2. The van der Waals surface area contributed by atoms with Crippen LogP contribution < -0.4 is 4.74 Å². The van der Waals surface area contributed by atoms with Gasteiger partial charge in [0.2, 0.25) is 0 Å². The van der Waals surface area contributed by atoms with Crippen molar-refractivity contribution in [2.45, 2.75) is 13.0 Å². The lowest BCUT2D eigenvalue weighted by molar-refractivity contribution is 0.0536. The van der Waals surface area contributed by atoms with Crippen LogP contribution in [0.4, 0.5) is 0 Å². The van der Waals surface area contributed by atoms with Gasteiger partial charge in [-0.3, -0.25) is 0 Å². The lowest BCUT2D eigenvalue weighted by atomic mass is 10.2. The Morgan fingerprint density at radius 2 is 2.21 bits per heavy atom. The van der Waals surface area contributed by atoms with E-state index in [1.54, 1.807) is 12.1 Å². The maximum absolute atomic E-state index is 9.06. The fourth-order valence-electron chi connectivity index (χ4n) is 0.960. The largest absolute Gasteiger partial charge is 0.489 e. The van der Waals surface area contributed by atoms with Crippen molar-refractivity contribution in [2.75, 3.05) is 13.2 Å². The summed E-state index contributed by atoms with van der Waals surface area (Å²) in [6, 6.07) is 5.39. The van der Waals surface area contributed by atoms with Crippen molar-refractivity contribution in [3.63, 3.8) is 0 Å². The number of rotatable bonds is 4. The standard InChI is InChI=1S/C10H13ClO3/c1-7-2-3-9(11)10(4-7)14-6-8(13)5-12/h2-4,8,12-13H,5-6H2,1H3. The topological polar surface area (TPSA) is 49.7 Å². The second-order valence-electron chi connectivity index (χ2n) is 3.08. The van der Waals surface area contributed by atoms with E-state index in [2.05, 4.69) is 0 Å². The summed E-state index contributed by atoms with van der Waals surface area (Å²) >= 11 is 5.85. The minimum absolute atomic E-state index is 0.0413. The second-order valence-corrected chi connectivity index (χ2v) is 3.49. The van der Waals surface area contributed by atoms with Crippen LogP contribution in [0.3, 0.4) is 0 Å². The fourth-order valence-corrected chi connectivity index (χ4v) is 1.13. The Labute approximate surface area is 87.9 Å². The van der Waals surface area contributed by atoms with Crippen LogP contribution in [0.2, 0.25) is 5.02 Å². The Hall–Kier alpha value is -0.770. The number of hydrogen-bond acceptors (Lipinski definition) is 3. The molecule has 1 aromatic rings. The Morgan fingerprint density at radius 1 is 1.50 bits per heavy atom. The van der Waals surface area contributed by atoms with Crippen molar-refractivity contribution in [3.05, 3.63) is 28.8 Å². The maximum atomic E-state index is 9.06. The van der Waals surface area contributed by atoms with Gasteiger partial charge in [-0.25, -0.2) is 0 Å². The zero-order valence-electron chi connectivity index (χ0n) is 7.90. The third-order valence-corrected chi connectivity index (χ3v) is 2.04. The van der Waals surface area contributed by atoms with Crippen LogP contribution in [0.25, 0.3) is 0 Å². The van der Waals surface area contributed by atoms with Crippen LogP contribution in [-0.2, 0) is 0 Å². The van der Waals surface area contributed by atoms with Crippen LogP contribution in [0.1, 0.15) is 5.56 Å². The van der Waals surface area contributed by atoms with Crippen LogP contribution in [0.5, 0.6) is 5.75 Å². The number of ether oxygens (including phenoxy) is 1. The normalized spacial score (nSPS) is 12.6. The van der Waals surface area contributed by atoms with E-state index in [0.717, 1.165) is 5.56 Å². The smallest absolute Gasteiger partial charge is 0.138 e. The highest BCUT2D eigenvalue weighted by molar-refractivity contribution is 6.32. The molecule has 0 fully saturated rings. The third kappa shape index (κ3) is 3.18. The Kier molecular flexibility index (Phi) is 4.20. The lowest BCUT2D eigenvalue weighted by Gasteiger charge is -2.11. The van der Waals surface area contributed by atoms with E-state index >= 15 is 0 Å². The highest BCUT2D eigenvalue weighted by atomic mass is 35.5. The van der Waals surface area contributed by atoms with Gasteiger partial charge in [0.05, 0.1) is 11.6 Å². The molecular formula is C10H13ClO3. The number of benzene rings is 1. The number of aliphatic hydroxyl groups is 2. The first kappa shape index (κ1) is 11.3. The van der Waals surface area contributed by atoms with Crippen LogP contribution in [0.15, 0.2) is 18.2 Å². The zero-order chi connectivity index (χ0) is 10.6. The van der Waals surface area contributed by atoms with E-state index in [1.165, 1.54) is 0 Å². The summed E-state index contributed by atoms with van der Waals surface area (Å²) in [5, 5.41) is 18.1. The molecule has 78 valence electrons. The predicted molar refractivity (Wildman–Crippen MR) is 54.8 cm³/mol. The van der Waals surface area contributed by atoms with E-state index in [-0.39, 0.29) is 13.2 Å². The summed E-state index contributed by atoms with van der Waals surface area (Å²) in [6.07, 6.45) is -0.869. The molecule has 4 heteroatoms. The molecule has 1 atom stereocenters. The van der Waals surface area contributed by atoms with Gasteiger partial charge in [-0.2, -0.15) is 0 Å². The lowest BCUT2D eigenvalue weighted by Crippen LogP contribution is -2.21. The quantitative estimate of drug-likeness (QED) is 0.800. The van der Waals surface area contributed by atoms with E-state index in [0.29, 0.717) is 10.8 Å². The summed E-state index contributed by atoms with van der Waals surface area (Å²) in [6.45, 7) is 1.65. The molecule has 3 nitrogen and oxygen atoms in total. The molecule has 0 amide bonds. The van der Waals surface area contributed by atoms with E-state index < -0.39 is 6.10 Å². The first-order chi connectivity index (χ1) is 6.63. The van der Waals surface area contributed by atoms with Crippen LogP contribution in [-0.4, -0.2) is 29.5 Å². The van der Waals surface area contributed by atoms with Gasteiger partial charge in [-0.05, 0) is 24.6 Å². The Balaban J connectivity index is 2.62. The molecule has 0 aliphatic rings. The Bertz CT molecular complexity index is 301. The van der Waals surface area contributed by atoms with Crippen molar-refractivity contribution in [2.24, 2.45) is 0 Å². The summed E-state index contributed by atoms with van der Waals surface area (Å²) < 4.78 is 5.23. The molecule has 14 heavy (non-hydrogen) atoms. The predicted octanol–water partition coefficient (Wildman–Crippen LogP) is 1.38. The van der Waals surface area contributed by atoms with Gasteiger partial charge in [-0.15, -0.1) is 0 Å². The molecule has 0 bridgehead atoms. The minimum Gasteiger partial charge on any atom is -0.489 e. The van der Waals surface area contributed by atoms with Gasteiger partial charge in [0.15, 0.2) is 0 Å². The van der Waals surface area contributed by atoms with E-state index in [9.17, 15) is 0 Å². The van der Waals surface area contributed by atoms with Crippen molar-refractivity contribution < 1.29 is 14.9 Å². The molecule has 1 unspecified atom stereocenters. The van der Waals surface area contributed by atoms with Gasteiger partial charge in [0.1, 0.15) is 18.5 Å². The molecule has 0 heterocycles. The Morgan fingerprint density at radius 3 is 2.86 bits per heavy atom. The van der Waals surface area contributed by atoms with Gasteiger partial charge < -0.3 is 14.9 Å². The van der Waals surface area contributed by atoms with Crippen LogP contribution in [0, 0.1) is 6.92 Å². The molecule has 0 saturated carbocycles. The fraction of sp³-hybridized carbons (Fsp3) is 0.400. The van der Waals surface area contributed by atoms with Crippen LogP contribution >= 0.6 is 11.6 Å². The maximum Gasteiger partial charge on any atom is 0.138 e. The minimum atomic E-state index is -0.869. The molecule has 1 rings (SSSR count). The summed E-state index contributed by atoms with van der Waals surface area (Å²) in [7, 11) is 0. The number of aliphatic hydroxyl groups excluding tert-OH is 2. The summed E-state index contributed by atoms with van der Waals surface area (Å²) in [5.41, 5.74) is 1.03. The summed E-state index contributed by atoms with van der Waals surface area (Å²) in [5.74, 6) is 0.527. The highest BCUT2D eigenvalue weighted by Gasteiger charge is 2.05. The first-order valence-corrected chi connectivity index (χ1v) is 4.69. The number of halogens is 1. The molecule has 0 aliphatic carbocycles. The average Bonchev–Trinajstić information content (AvgIpc) is 2.19. The zero-order valence-corrected chi connectivity index (χ0v) is 8.66. The molecule has 0 spiro atoms. The second kappa shape index (κ2) is 5.20. The van der Waals surface area contributed by atoms with Crippen molar-refractivity contribution in [1.29, 1.82) is 0 Å². The van der Waals surface area contributed by atoms with Crippen molar-refractivity contribution >= 4 is 11.6 Å². The van der Waals surface area contributed by atoms with Gasteiger partial charge >= 0.3 is 0 Å². The van der Waals surface area contributed by atoms with Crippen molar-refractivity contribution in [1.82, 2.24) is 0 Å². The van der Waals surface area contributed by atoms with Gasteiger partial charge in [0.25, 0.3) is 0 Å². The molecule has 2 N–H and O–H groups in total. The molecule has 0 radical (unpaired) electrons. The summed E-state index contributed by atoms with van der Waals surface area (Å²) in [4.78, 5) is 0. The highest BCUT2D eigenvalue weighted by Crippen LogP contribution is 2.25. The van der Waals surface area contributed by atoms with E-state index in [1.807, 2.05) is 13.0 Å². The molecule has 0 saturated heterocycles. The molecule has 0 aromatic heterocycles. The third-order valence-electron chi connectivity index (χ3n) is 1.73. The van der Waals surface area contributed by atoms with Gasteiger partial charge in [-0.1, -0.05) is 17.7 Å². The number of aryl methyl sites for hydroxylation is 1. The molecule has 1 aromatic carbocycles. The average molecular weight is 217 g/mol. The van der Waals surface area contributed by atoms with Gasteiger partial charge in [0, 0.05) is 0 Å².